The Kier molecular flexibility index (Phi) is 3.65. The van der Waals surface area contributed by atoms with Crippen molar-refractivity contribution in [3.63, 3.8) is 0 Å². The molecular formula is C7H10IN3O2S. The minimum absolute atomic E-state index is 0.448. The predicted molar refractivity (Wildman–Crippen MR) is 62.5 cm³/mol. The normalized spacial score (nSPS) is 11.1. The van der Waals surface area contributed by atoms with Crippen LogP contribution in [0.4, 0.5) is 9.93 Å². The van der Waals surface area contributed by atoms with E-state index >= 15 is 0 Å². The van der Waals surface area contributed by atoms with Crippen LogP contribution in [0.15, 0.2) is 0 Å². The number of ether oxygens (including phenoxy) is 1. The SMILES string of the molecule is CC(C)(C)OC(=O)Nc1nnc(I)s1. The Morgan fingerprint density at radius 2 is 2.14 bits per heavy atom. The van der Waals surface area contributed by atoms with Crippen LogP contribution in [0, 0.1) is 3.01 Å². The number of rotatable bonds is 1. The summed E-state index contributed by atoms with van der Waals surface area (Å²) >= 11 is 3.32. The molecule has 0 aliphatic heterocycles. The molecule has 5 nitrogen and oxygen atoms in total. The summed E-state index contributed by atoms with van der Waals surface area (Å²) in [6, 6.07) is 0. The minimum Gasteiger partial charge on any atom is -0.444 e. The molecule has 0 atom stereocenters. The summed E-state index contributed by atoms with van der Waals surface area (Å²) < 4.78 is 5.81. The first-order valence-electron chi connectivity index (χ1n) is 3.86. The number of anilines is 1. The Labute approximate surface area is 99.4 Å². The van der Waals surface area contributed by atoms with E-state index in [1.54, 1.807) is 20.8 Å². The van der Waals surface area contributed by atoms with Crippen LogP contribution in [0.25, 0.3) is 0 Å². The van der Waals surface area contributed by atoms with Crippen molar-refractivity contribution in [3.8, 4) is 0 Å². The van der Waals surface area contributed by atoms with Crippen molar-refractivity contribution in [2.24, 2.45) is 0 Å². The molecule has 1 N–H and O–H groups in total. The topological polar surface area (TPSA) is 64.1 Å². The van der Waals surface area contributed by atoms with Gasteiger partial charge >= 0.3 is 6.09 Å². The molecule has 0 bridgehead atoms. The van der Waals surface area contributed by atoms with Crippen molar-refractivity contribution in [2.75, 3.05) is 5.32 Å². The van der Waals surface area contributed by atoms with Gasteiger partial charge in [0.2, 0.25) is 5.13 Å². The Bertz CT molecular complexity index is 334. The molecule has 1 aromatic heterocycles. The first kappa shape index (κ1) is 11.6. The van der Waals surface area contributed by atoms with Gasteiger partial charge in [0, 0.05) is 0 Å². The molecule has 0 aliphatic rings. The molecule has 78 valence electrons. The molecular weight excluding hydrogens is 317 g/mol. The van der Waals surface area contributed by atoms with Gasteiger partial charge in [-0.25, -0.2) is 4.79 Å². The molecule has 0 aromatic carbocycles. The van der Waals surface area contributed by atoms with Crippen molar-refractivity contribution in [3.05, 3.63) is 3.01 Å². The van der Waals surface area contributed by atoms with Crippen LogP contribution >= 0.6 is 33.9 Å². The summed E-state index contributed by atoms with van der Waals surface area (Å²) in [5.74, 6) is 0. The van der Waals surface area contributed by atoms with Crippen molar-refractivity contribution in [2.45, 2.75) is 26.4 Å². The van der Waals surface area contributed by atoms with E-state index in [1.165, 1.54) is 11.3 Å². The summed E-state index contributed by atoms with van der Waals surface area (Å²) in [6.45, 7) is 5.41. The van der Waals surface area contributed by atoms with Crippen LogP contribution in [-0.2, 0) is 4.74 Å². The third-order valence-corrected chi connectivity index (χ3v) is 2.51. The lowest BCUT2D eigenvalue weighted by Gasteiger charge is -2.18. The number of hydrogen-bond acceptors (Lipinski definition) is 5. The van der Waals surface area contributed by atoms with Gasteiger partial charge in [0.25, 0.3) is 0 Å². The third kappa shape index (κ3) is 4.18. The Hall–Kier alpha value is -0.440. The second-order valence-corrected chi connectivity index (χ2v) is 6.22. The molecule has 0 spiro atoms. The smallest absolute Gasteiger partial charge is 0.414 e. The Morgan fingerprint density at radius 1 is 1.50 bits per heavy atom. The van der Waals surface area contributed by atoms with Crippen LogP contribution < -0.4 is 5.32 Å². The van der Waals surface area contributed by atoms with E-state index in [4.69, 9.17) is 4.74 Å². The fourth-order valence-electron chi connectivity index (χ4n) is 0.647. The molecule has 0 saturated carbocycles. The van der Waals surface area contributed by atoms with Gasteiger partial charge in [-0.3, -0.25) is 5.32 Å². The molecule has 0 aliphatic carbocycles. The van der Waals surface area contributed by atoms with Gasteiger partial charge in [-0.05, 0) is 43.4 Å². The molecule has 14 heavy (non-hydrogen) atoms. The highest BCUT2D eigenvalue weighted by molar-refractivity contribution is 14.1. The molecule has 7 heteroatoms. The van der Waals surface area contributed by atoms with E-state index in [0.717, 1.165) is 3.01 Å². The number of amides is 1. The van der Waals surface area contributed by atoms with Crippen LogP contribution in [0.3, 0.4) is 0 Å². The number of halogens is 1. The largest absolute Gasteiger partial charge is 0.444 e. The van der Waals surface area contributed by atoms with E-state index in [2.05, 4.69) is 15.5 Å². The van der Waals surface area contributed by atoms with E-state index in [0.29, 0.717) is 5.13 Å². The lowest BCUT2D eigenvalue weighted by atomic mass is 10.2. The zero-order valence-corrected chi connectivity index (χ0v) is 11.0. The molecule has 0 fully saturated rings. The number of carbonyl (C=O) groups is 1. The Morgan fingerprint density at radius 3 is 2.57 bits per heavy atom. The van der Waals surface area contributed by atoms with Gasteiger partial charge in [0.1, 0.15) is 5.60 Å². The zero-order chi connectivity index (χ0) is 10.8. The van der Waals surface area contributed by atoms with Gasteiger partial charge in [0.05, 0.1) is 0 Å². The molecule has 0 saturated heterocycles. The third-order valence-electron chi connectivity index (χ3n) is 1.01. The van der Waals surface area contributed by atoms with Gasteiger partial charge < -0.3 is 4.74 Å². The average molecular weight is 327 g/mol. The van der Waals surface area contributed by atoms with Gasteiger partial charge in [-0.2, -0.15) is 0 Å². The monoisotopic (exact) mass is 327 g/mol. The number of carbonyl (C=O) groups excluding carboxylic acids is 1. The van der Waals surface area contributed by atoms with Crippen molar-refractivity contribution >= 4 is 45.2 Å². The molecule has 1 rings (SSSR count). The van der Waals surface area contributed by atoms with Crippen molar-refractivity contribution < 1.29 is 9.53 Å². The number of nitrogens with zero attached hydrogens (tertiary/aromatic N) is 2. The first-order valence-corrected chi connectivity index (χ1v) is 5.75. The van der Waals surface area contributed by atoms with Crippen molar-refractivity contribution in [1.82, 2.24) is 10.2 Å². The first-order chi connectivity index (χ1) is 6.37. The van der Waals surface area contributed by atoms with Crippen LogP contribution in [0.5, 0.6) is 0 Å². The maximum atomic E-state index is 11.2. The lowest BCUT2D eigenvalue weighted by molar-refractivity contribution is 0.0636. The maximum absolute atomic E-state index is 11.2. The quantitative estimate of drug-likeness (QED) is 0.805. The minimum atomic E-state index is -0.509. The van der Waals surface area contributed by atoms with E-state index in [-0.39, 0.29) is 0 Å². The molecule has 1 aromatic rings. The van der Waals surface area contributed by atoms with Gasteiger partial charge in [-0.15, -0.1) is 10.2 Å². The predicted octanol–water partition coefficient (Wildman–Crippen LogP) is 2.49. The summed E-state index contributed by atoms with van der Waals surface area (Å²) in [5.41, 5.74) is -0.498. The average Bonchev–Trinajstić information content (AvgIpc) is 2.30. The zero-order valence-electron chi connectivity index (χ0n) is 8.00. The lowest BCUT2D eigenvalue weighted by Crippen LogP contribution is -2.27. The van der Waals surface area contributed by atoms with Crippen molar-refractivity contribution in [1.29, 1.82) is 0 Å². The molecule has 1 heterocycles. The second kappa shape index (κ2) is 4.39. The van der Waals surface area contributed by atoms with Gasteiger partial charge in [0.15, 0.2) is 3.01 Å². The number of hydrogen-bond donors (Lipinski definition) is 1. The second-order valence-electron chi connectivity index (χ2n) is 3.49. The van der Waals surface area contributed by atoms with Gasteiger partial charge in [-0.1, -0.05) is 11.3 Å². The van der Waals surface area contributed by atoms with Crippen LogP contribution in [-0.4, -0.2) is 21.9 Å². The molecule has 0 radical (unpaired) electrons. The summed E-state index contributed by atoms with van der Waals surface area (Å²) in [6.07, 6.45) is -0.509. The molecule has 1 amide bonds. The van der Waals surface area contributed by atoms with Crippen LogP contribution in [0.2, 0.25) is 0 Å². The highest BCUT2D eigenvalue weighted by Crippen LogP contribution is 2.17. The summed E-state index contributed by atoms with van der Waals surface area (Å²) in [7, 11) is 0. The highest BCUT2D eigenvalue weighted by Gasteiger charge is 2.17. The number of nitrogens with one attached hydrogen (secondary N) is 1. The van der Waals surface area contributed by atoms with E-state index in [9.17, 15) is 4.79 Å². The number of aromatic nitrogens is 2. The van der Waals surface area contributed by atoms with Crippen LogP contribution in [0.1, 0.15) is 20.8 Å². The summed E-state index contributed by atoms with van der Waals surface area (Å²) in [4.78, 5) is 11.2. The highest BCUT2D eigenvalue weighted by atomic mass is 127. The molecule has 0 unspecified atom stereocenters. The Balaban J connectivity index is 2.50. The fourth-order valence-corrected chi connectivity index (χ4v) is 1.84. The summed E-state index contributed by atoms with van der Waals surface area (Å²) in [5, 5.41) is 10.4. The maximum Gasteiger partial charge on any atom is 0.414 e. The fraction of sp³-hybridized carbons (Fsp3) is 0.571. The van der Waals surface area contributed by atoms with E-state index in [1.807, 2.05) is 22.6 Å². The standard InChI is InChI=1S/C7H10IN3O2S/c1-7(2,3)13-6(12)9-5-11-10-4(8)14-5/h1-3H3,(H,9,11,12). The van der Waals surface area contributed by atoms with E-state index < -0.39 is 11.7 Å².